The molecule has 0 aliphatic heterocycles. The van der Waals surface area contributed by atoms with E-state index in [0.717, 1.165) is 26.7 Å². The predicted molar refractivity (Wildman–Crippen MR) is 139 cm³/mol. The Labute approximate surface area is 216 Å². The average Bonchev–Trinajstić information content (AvgIpc) is 3.55. The SMILES string of the molecule is NOS(=O)(=O)c1ccc(C[C@H](NC(=O)CCc2cccc(Cl)c2)c2csc(-c3cccs3)n2)cc1. The first-order valence-corrected chi connectivity index (χ1v) is 14.1. The number of halogens is 1. The number of aromatic nitrogens is 1. The van der Waals surface area contributed by atoms with E-state index in [9.17, 15) is 13.2 Å². The molecule has 7 nitrogen and oxygen atoms in total. The molecule has 2 aromatic heterocycles. The number of rotatable bonds is 10. The highest BCUT2D eigenvalue weighted by Crippen LogP contribution is 2.31. The summed E-state index contributed by atoms with van der Waals surface area (Å²) in [7, 11) is -3.98. The van der Waals surface area contributed by atoms with Gasteiger partial charge in [-0.1, -0.05) is 41.9 Å². The van der Waals surface area contributed by atoms with E-state index in [1.165, 1.54) is 23.5 Å². The van der Waals surface area contributed by atoms with Gasteiger partial charge in [-0.2, -0.15) is 18.6 Å². The standard InChI is InChI=1S/C24H22ClN3O4S3/c25-18-4-1-3-16(13-18)8-11-23(29)27-20(21-15-34-24(28-21)22-5-2-12-33-22)14-17-6-9-19(10-7-17)35(30,31)32-26/h1-7,9-10,12-13,15,20H,8,11,14,26H2,(H,27,29)/t20-/m0/s1. The van der Waals surface area contributed by atoms with Gasteiger partial charge in [0.05, 0.1) is 21.5 Å². The lowest BCUT2D eigenvalue weighted by molar-refractivity contribution is -0.121. The van der Waals surface area contributed by atoms with Crippen LogP contribution in [0.25, 0.3) is 9.88 Å². The second kappa shape index (κ2) is 11.4. The zero-order valence-electron chi connectivity index (χ0n) is 18.4. The van der Waals surface area contributed by atoms with E-state index in [4.69, 9.17) is 22.5 Å². The number of benzene rings is 2. The third kappa shape index (κ3) is 6.75. The van der Waals surface area contributed by atoms with Gasteiger partial charge in [-0.05, 0) is 59.7 Å². The molecule has 0 aliphatic carbocycles. The van der Waals surface area contributed by atoms with Crippen LogP contribution in [0.2, 0.25) is 5.02 Å². The molecule has 182 valence electrons. The molecule has 11 heteroatoms. The molecule has 35 heavy (non-hydrogen) atoms. The maximum absolute atomic E-state index is 12.9. The van der Waals surface area contributed by atoms with Crippen molar-refractivity contribution in [2.75, 3.05) is 0 Å². The van der Waals surface area contributed by atoms with Crippen molar-refractivity contribution in [1.29, 1.82) is 0 Å². The van der Waals surface area contributed by atoms with Gasteiger partial charge in [0, 0.05) is 16.8 Å². The van der Waals surface area contributed by atoms with Crippen LogP contribution in [0.4, 0.5) is 0 Å². The molecule has 0 saturated carbocycles. The molecule has 2 heterocycles. The van der Waals surface area contributed by atoms with Crippen LogP contribution in [0.15, 0.2) is 76.3 Å². The topological polar surface area (TPSA) is 111 Å². The second-order valence-corrected chi connectivity index (χ2v) is 11.5. The maximum atomic E-state index is 12.9. The van der Waals surface area contributed by atoms with E-state index in [1.807, 2.05) is 41.1 Å². The van der Waals surface area contributed by atoms with E-state index in [1.54, 1.807) is 29.5 Å². The Balaban J connectivity index is 1.52. The quantitative estimate of drug-likeness (QED) is 0.266. The van der Waals surface area contributed by atoms with Crippen molar-refractivity contribution in [1.82, 2.24) is 10.3 Å². The summed E-state index contributed by atoms with van der Waals surface area (Å²) in [6.07, 6.45) is 1.28. The molecule has 1 amide bonds. The van der Waals surface area contributed by atoms with E-state index < -0.39 is 10.1 Å². The largest absolute Gasteiger partial charge is 0.347 e. The average molecular weight is 548 g/mol. The highest BCUT2D eigenvalue weighted by atomic mass is 35.5. The van der Waals surface area contributed by atoms with Crippen LogP contribution in [0.3, 0.4) is 0 Å². The summed E-state index contributed by atoms with van der Waals surface area (Å²) in [6.45, 7) is 0. The van der Waals surface area contributed by atoms with Crippen LogP contribution < -0.4 is 11.2 Å². The van der Waals surface area contributed by atoms with Gasteiger partial charge in [0.25, 0.3) is 0 Å². The Hall–Kier alpha value is -2.60. The van der Waals surface area contributed by atoms with Gasteiger partial charge in [-0.15, -0.1) is 22.7 Å². The Kier molecular flexibility index (Phi) is 8.32. The van der Waals surface area contributed by atoms with Crippen LogP contribution in [-0.2, 0) is 32.0 Å². The van der Waals surface area contributed by atoms with Gasteiger partial charge in [0.2, 0.25) is 5.91 Å². The van der Waals surface area contributed by atoms with Gasteiger partial charge >= 0.3 is 10.1 Å². The minimum Gasteiger partial charge on any atom is -0.347 e. The predicted octanol–water partition coefficient (Wildman–Crippen LogP) is 5.14. The molecule has 0 spiro atoms. The normalized spacial score (nSPS) is 12.4. The van der Waals surface area contributed by atoms with Crippen molar-refractivity contribution in [3.63, 3.8) is 0 Å². The van der Waals surface area contributed by atoms with Crippen LogP contribution in [0, 0.1) is 0 Å². The van der Waals surface area contributed by atoms with Crippen molar-refractivity contribution < 1.29 is 17.5 Å². The Morgan fingerprint density at radius 3 is 2.57 bits per heavy atom. The van der Waals surface area contributed by atoms with Crippen molar-refractivity contribution in [3.8, 4) is 9.88 Å². The molecular weight excluding hydrogens is 526 g/mol. The van der Waals surface area contributed by atoms with E-state index >= 15 is 0 Å². The number of nitrogens with two attached hydrogens (primary N) is 1. The molecule has 0 saturated heterocycles. The van der Waals surface area contributed by atoms with Crippen molar-refractivity contribution in [3.05, 3.63) is 93.3 Å². The maximum Gasteiger partial charge on any atom is 0.312 e. The minimum atomic E-state index is -3.98. The van der Waals surface area contributed by atoms with Gasteiger partial charge < -0.3 is 5.32 Å². The molecule has 0 unspecified atom stereocenters. The number of nitrogens with one attached hydrogen (secondary N) is 1. The highest BCUT2D eigenvalue weighted by Gasteiger charge is 2.20. The summed E-state index contributed by atoms with van der Waals surface area (Å²) in [5.74, 6) is 4.75. The van der Waals surface area contributed by atoms with E-state index in [-0.39, 0.29) is 16.8 Å². The summed E-state index contributed by atoms with van der Waals surface area (Å²) in [5.41, 5.74) is 2.56. The van der Waals surface area contributed by atoms with Crippen LogP contribution in [0.5, 0.6) is 0 Å². The van der Waals surface area contributed by atoms with Crippen molar-refractivity contribution in [2.24, 2.45) is 5.90 Å². The fourth-order valence-electron chi connectivity index (χ4n) is 3.49. The van der Waals surface area contributed by atoms with Crippen molar-refractivity contribution in [2.45, 2.75) is 30.2 Å². The van der Waals surface area contributed by atoms with Gasteiger partial charge in [0.15, 0.2) is 0 Å². The molecule has 0 bridgehead atoms. The number of carbonyl (C=O) groups is 1. The van der Waals surface area contributed by atoms with Crippen LogP contribution >= 0.6 is 34.3 Å². The lowest BCUT2D eigenvalue weighted by atomic mass is 10.0. The molecule has 0 fully saturated rings. The molecule has 4 aromatic rings. The zero-order valence-corrected chi connectivity index (χ0v) is 21.6. The van der Waals surface area contributed by atoms with Crippen LogP contribution in [0.1, 0.15) is 29.3 Å². The number of thiophene rings is 1. The molecule has 3 N–H and O–H groups in total. The number of nitrogens with zero attached hydrogens (tertiary/aromatic N) is 1. The third-order valence-corrected chi connectivity index (χ3v) is 8.49. The summed E-state index contributed by atoms with van der Waals surface area (Å²) in [5, 5.41) is 8.55. The Morgan fingerprint density at radius 1 is 1.09 bits per heavy atom. The zero-order chi connectivity index (χ0) is 24.8. The summed E-state index contributed by atoms with van der Waals surface area (Å²) >= 11 is 9.17. The monoisotopic (exact) mass is 547 g/mol. The lowest BCUT2D eigenvalue weighted by Crippen LogP contribution is -2.30. The molecule has 2 aromatic carbocycles. The van der Waals surface area contributed by atoms with Crippen LogP contribution in [-0.4, -0.2) is 19.3 Å². The number of carbonyl (C=O) groups excluding carboxylic acids is 1. The smallest absolute Gasteiger partial charge is 0.312 e. The molecule has 0 radical (unpaired) electrons. The fourth-order valence-corrected chi connectivity index (χ4v) is 5.97. The fraction of sp³-hybridized carbons (Fsp3) is 0.167. The first kappa shape index (κ1) is 25.5. The highest BCUT2D eigenvalue weighted by molar-refractivity contribution is 7.86. The first-order chi connectivity index (χ1) is 16.8. The second-order valence-electron chi connectivity index (χ2n) is 7.70. The number of hydrogen-bond acceptors (Lipinski definition) is 8. The number of hydrogen-bond donors (Lipinski definition) is 2. The first-order valence-electron chi connectivity index (χ1n) is 10.6. The summed E-state index contributed by atoms with van der Waals surface area (Å²) in [4.78, 5) is 18.6. The van der Waals surface area contributed by atoms with Gasteiger partial charge in [-0.25, -0.2) is 4.98 Å². The third-order valence-electron chi connectivity index (χ3n) is 5.25. The van der Waals surface area contributed by atoms with Crippen molar-refractivity contribution >= 4 is 50.3 Å². The van der Waals surface area contributed by atoms with Gasteiger partial charge in [0.1, 0.15) is 5.01 Å². The lowest BCUT2D eigenvalue weighted by Gasteiger charge is -2.17. The number of amides is 1. The van der Waals surface area contributed by atoms with E-state index in [0.29, 0.717) is 24.3 Å². The Morgan fingerprint density at radius 2 is 1.89 bits per heavy atom. The summed E-state index contributed by atoms with van der Waals surface area (Å²) < 4.78 is 27.7. The van der Waals surface area contributed by atoms with E-state index in [2.05, 4.69) is 9.60 Å². The number of aryl methyl sites for hydroxylation is 1. The molecular formula is C24H22ClN3O4S3. The minimum absolute atomic E-state index is 0.0421. The molecule has 4 rings (SSSR count). The van der Waals surface area contributed by atoms with Gasteiger partial charge in [-0.3, -0.25) is 4.79 Å². The number of thiazole rings is 1. The Bertz CT molecular complexity index is 1390. The molecule has 1 atom stereocenters. The summed E-state index contributed by atoms with van der Waals surface area (Å²) in [6, 6.07) is 17.2. The molecule has 0 aliphatic rings.